The third-order valence-electron chi connectivity index (χ3n) is 2.61. The third-order valence-corrected chi connectivity index (χ3v) is 2.61. The Morgan fingerprint density at radius 2 is 2.47 bits per heavy atom. The smallest absolute Gasteiger partial charge is 0.305 e. The summed E-state index contributed by atoms with van der Waals surface area (Å²) in [5, 5.41) is 0. The van der Waals surface area contributed by atoms with Crippen LogP contribution in [0.5, 0.6) is 0 Å². The minimum atomic E-state index is -0.153. The largest absolute Gasteiger partial charge is 0.466 e. The van der Waals surface area contributed by atoms with Gasteiger partial charge in [-0.15, -0.1) is 0 Å². The van der Waals surface area contributed by atoms with Crippen molar-refractivity contribution >= 4 is 5.97 Å². The molecule has 1 aliphatic heterocycles. The molecule has 15 heavy (non-hydrogen) atoms. The first-order valence-electron chi connectivity index (χ1n) is 5.75. The molecule has 0 saturated carbocycles. The summed E-state index contributed by atoms with van der Waals surface area (Å²) >= 11 is 0. The van der Waals surface area contributed by atoms with Gasteiger partial charge in [-0.05, 0) is 32.6 Å². The zero-order valence-electron chi connectivity index (χ0n) is 9.41. The van der Waals surface area contributed by atoms with Crippen molar-refractivity contribution < 1.29 is 14.3 Å². The van der Waals surface area contributed by atoms with Crippen LogP contribution in [-0.2, 0) is 14.3 Å². The van der Waals surface area contributed by atoms with Crippen LogP contribution in [0.4, 0.5) is 0 Å². The summed E-state index contributed by atoms with van der Waals surface area (Å²) in [5.41, 5.74) is 5.91. The van der Waals surface area contributed by atoms with E-state index in [1.165, 1.54) is 0 Å². The minimum absolute atomic E-state index is 0.0532. The molecule has 0 bridgehead atoms. The van der Waals surface area contributed by atoms with E-state index in [0.29, 0.717) is 25.6 Å². The van der Waals surface area contributed by atoms with E-state index in [-0.39, 0.29) is 12.0 Å². The molecule has 2 atom stereocenters. The van der Waals surface area contributed by atoms with E-state index in [0.717, 1.165) is 25.9 Å². The number of hydrogen-bond acceptors (Lipinski definition) is 4. The highest BCUT2D eigenvalue weighted by Crippen LogP contribution is 2.17. The molecule has 0 aromatic rings. The van der Waals surface area contributed by atoms with Crippen LogP contribution in [0, 0.1) is 0 Å². The molecule has 1 heterocycles. The monoisotopic (exact) mass is 215 g/mol. The number of esters is 1. The van der Waals surface area contributed by atoms with Gasteiger partial charge < -0.3 is 15.2 Å². The molecule has 1 rings (SSSR count). The molecular weight excluding hydrogens is 194 g/mol. The molecule has 0 aromatic carbocycles. The average molecular weight is 215 g/mol. The fraction of sp³-hybridized carbons (Fsp3) is 0.909. The maximum Gasteiger partial charge on any atom is 0.305 e. The van der Waals surface area contributed by atoms with E-state index in [1.54, 1.807) is 0 Å². The van der Waals surface area contributed by atoms with Gasteiger partial charge in [0.05, 0.1) is 12.7 Å². The van der Waals surface area contributed by atoms with Crippen molar-refractivity contribution in [3.05, 3.63) is 0 Å². The lowest BCUT2D eigenvalue weighted by atomic mass is 10.0. The standard InChI is InChI=1S/C11H21NO3/c1-2-14-11(13)6-5-9(12)8-10-4-3-7-15-10/h9-10H,2-8,12H2,1H3. The molecule has 88 valence electrons. The topological polar surface area (TPSA) is 61.5 Å². The minimum Gasteiger partial charge on any atom is -0.466 e. The fourth-order valence-electron chi connectivity index (χ4n) is 1.82. The summed E-state index contributed by atoms with van der Waals surface area (Å²) in [7, 11) is 0. The van der Waals surface area contributed by atoms with Crippen LogP contribution in [0.2, 0.25) is 0 Å². The van der Waals surface area contributed by atoms with E-state index in [2.05, 4.69) is 0 Å². The van der Waals surface area contributed by atoms with Crippen molar-refractivity contribution in [1.82, 2.24) is 0 Å². The Balaban J connectivity index is 2.07. The van der Waals surface area contributed by atoms with Crippen molar-refractivity contribution in [2.75, 3.05) is 13.2 Å². The summed E-state index contributed by atoms with van der Waals surface area (Å²) in [6, 6.07) is 0.0532. The number of rotatable bonds is 6. The van der Waals surface area contributed by atoms with Crippen molar-refractivity contribution in [2.45, 2.75) is 51.2 Å². The fourth-order valence-corrected chi connectivity index (χ4v) is 1.82. The second-order valence-corrected chi connectivity index (χ2v) is 3.97. The van der Waals surface area contributed by atoms with Gasteiger partial charge in [0.15, 0.2) is 0 Å². The Bertz CT molecular complexity index is 190. The van der Waals surface area contributed by atoms with Gasteiger partial charge in [0, 0.05) is 19.1 Å². The van der Waals surface area contributed by atoms with E-state index in [1.807, 2.05) is 6.92 Å². The lowest BCUT2D eigenvalue weighted by molar-refractivity contribution is -0.143. The second kappa shape index (κ2) is 6.80. The molecular formula is C11H21NO3. The Labute approximate surface area is 91.1 Å². The van der Waals surface area contributed by atoms with E-state index < -0.39 is 0 Å². The van der Waals surface area contributed by atoms with Crippen molar-refractivity contribution in [2.24, 2.45) is 5.73 Å². The Kier molecular flexibility index (Phi) is 5.65. The summed E-state index contributed by atoms with van der Waals surface area (Å²) in [5.74, 6) is -0.153. The quantitative estimate of drug-likeness (QED) is 0.677. The lowest BCUT2D eigenvalue weighted by Gasteiger charge is -2.15. The number of nitrogens with two attached hydrogens (primary N) is 1. The van der Waals surface area contributed by atoms with Gasteiger partial charge in [-0.2, -0.15) is 0 Å². The molecule has 2 unspecified atom stereocenters. The SMILES string of the molecule is CCOC(=O)CCC(N)CC1CCCO1. The highest BCUT2D eigenvalue weighted by molar-refractivity contribution is 5.69. The normalized spacial score (nSPS) is 22.7. The molecule has 0 amide bonds. The lowest BCUT2D eigenvalue weighted by Crippen LogP contribution is -2.26. The average Bonchev–Trinajstić information content (AvgIpc) is 2.68. The maximum atomic E-state index is 11.1. The second-order valence-electron chi connectivity index (χ2n) is 3.97. The molecule has 1 fully saturated rings. The van der Waals surface area contributed by atoms with Crippen LogP contribution in [0.3, 0.4) is 0 Å². The Morgan fingerprint density at radius 1 is 1.67 bits per heavy atom. The van der Waals surface area contributed by atoms with Crippen molar-refractivity contribution in [3.63, 3.8) is 0 Å². The number of ether oxygens (including phenoxy) is 2. The number of hydrogen-bond donors (Lipinski definition) is 1. The van der Waals surface area contributed by atoms with Gasteiger partial charge in [0.25, 0.3) is 0 Å². The van der Waals surface area contributed by atoms with Gasteiger partial charge in [-0.25, -0.2) is 0 Å². The van der Waals surface area contributed by atoms with Gasteiger partial charge in [0.1, 0.15) is 0 Å². The first kappa shape index (κ1) is 12.5. The zero-order valence-corrected chi connectivity index (χ0v) is 9.41. The first-order chi connectivity index (χ1) is 7.22. The molecule has 0 spiro atoms. The summed E-state index contributed by atoms with van der Waals surface area (Å²) in [6.45, 7) is 3.11. The zero-order chi connectivity index (χ0) is 11.1. The predicted octanol–water partition coefficient (Wildman–Crippen LogP) is 1.23. The summed E-state index contributed by atoms with van der Waals surface area (Å²) in [4.78, 5) is 11.1. The highest BCUT2D eigenvalue weighted by Gasteiger charge is 2.19. The maximum absolute atomic E-state index is 11.1. The molecule has 0 radical (unpaired) electrons. The van der Waals surface area contributed by atoms with E-state index in [4.69, 9.17) is 15.2 Å². The van der Waals surface area contributed by atoms with Crippen molar-refractivity contribution in [3.8, 4) is 0 Å². The Hall–Kier alpha value is -0.610. The summed E-state index contributed by atoms with van der Waals surface area (Å²) in [6.07, 6.45) is 4.52. The van der Waals surface area contributed by atoms with E-state index in [9.17, 15) is 4.79 Å². The molecule has 0 aromatic heterocycles. The first-order valence-corrected chi connectivity index (χ1v) is 5.75. The molecule has 4 nitrogen and oxygen atoms in total. The van der Waals surface area contributed by atoms with Gasteiger partial charge >= 0.3 is 5.97 Å². The summed E-state index contributed by atoms with van der Waals surface area (Å²) < 4.78 is 10.3. The molecule has 0 aliphatic carbocycles. The molecule has 1 aliphatic rings. The molecule has 2 N–H and O–H groups in total. The number of carbonyl (C=O) groups excluding carboxylic acids is 1. The predicted molar refractivity (Wildman–Crippen MR) is 57.4 cm³/mol. The van der Waals surface area contributed by atoms with Crippen LogP contribution in [-0.4, -0.2) is 31.3 Å². The van der Waals surface area contributed by atoms with Crippen LogP contribution in [0.25, 0.3) is 0 Å². The van der Waals surface area contributed by atoms with Crippen LogP contribution >= 0.6 is 0 Å². The van der Waals surface area contributed by atoms with Crippen LogP contribution in [0.15, 0.2) is 0 Å². The van der Waals surface area contributed by atoms with Gasteiger partial charge in [-0.1, -0.05) is 0 Å². The van der Waals surface area contributed by atoms with Crippen molar-refractivity contribution in [1.29, 1.82) is 0 Å². The van der Waals surface area contributed by atoms with E-state index >= 15 is 0 Å². The van der Waals surface area contributed by atoms with Gasteiger partial charge in [0.2, 0.25) is 0 Å². The van der Waals surface area contributed by atoms with Crippen LogP contribution in [0.1, 0.15) is 39.0 Å². The molecule has 4 heteroatoms. The van der Waals surface area contributed by atoms with Gasteiger partial charge in [-0.3, -0.25) is 4.79 Å². The number of carbonyl (C=O) groups is 1. The van der Waals surface area contributed by atoms with Crippen LogP contribution < -0.4 is 5.73 Å². The highest BCUT2D eigenvalue weighted by atomic mass is 16.5. The Morgan fingerprint density at radius 3 is 3.07 bits per heavy atom. The third kappa shape index (κ3) is 5.14. The molecule has 1 saturated heterocycles.